The molecule has 2 heteroatoms. The molecule has 1 N–H and O–H groups in total. The van der Waals surface area contributed by atoms with Gasteiger partial charge in [-0.3, -0.25) is 0 Å². The molecule has 0 bridgehead atoms. The standard InChI is InChI=1S/C17H28N2/c1-4-18-13-15-9-11-16(12-10-15)19(3)17-8-6-5-7-14(17)2/h9-12,14,17-18H,4-8,13H2,1-3H3. The number of rotatable bonds is 5. The van der Waals surface area contributed by atoms with Crippen molar-refractivity contribution >= 4 is 5.69 Å². The van der Waals surface area contributed by atoms with Crippen LogP contribution < -0.4 is 10.2 Å². The Balaban J connectivity index is 2.00. The van der Waals surface area contributed by atoms with Gasteiger partial charge < -0.3 is 10.2 Å². The SMILES string of the molecule is CCNCc1ccc(N(C)C2CCCCC2C)cc1. The van der Waals surface area contributed by atoms with E-state index in [1.807, 2.05) is 0 Å². The van der Waals surface area contributed by atoms with Crippen LogP contribution in [0.1, 0.15) is 45.1 Å². The molecule has 1 aliphatic carbocycles. The van der Waals surface area contributed by atoms with Gasteiger partial charge in [0.2, 0.25) is 0 Å². The first kappa shape index (κ1) is 14.4. The van der Waals surface area contributed by atoms with Crippen LogP contribution in [0, 0.1) is 5.92 Å². The summed E-state index contributed by atoms with van der Waals surface area (Å²) >= 11 is 0. The summed E-state index contributed by atoms with van der Waals surface area (Å²) in [4.78, 5) is 2.49. The molecule has 0 aromatic heterocycles. The van der Waals surface area contributed by atoms with Gasteiger partial charge in [-0.05, 0) is 43.0 Å². The first-order valence-corrected chi connectivity index (χ1v) is 7.75. The Labute approximate surface area is 118 Å². The molecule has 106 valence electrons. The Morgan fingerprint density at radius 2 is 1.84 bits per heavy atom. The second-order valence-corrected chi connectivity index (χ2v) is 5.89. The fraction of sp³-hybridized carbons (Fsp3) is 0.647. The van der Waals surface area contributed by atoms with Crippen LogP contribution in [0.3, 0.4) is 0 Å². The topological polar surface area (TPSA) is 15.3 Å². The zero-order valence-electron chi connectivity index (χ0n) is 12.7. The summed E-state index contributed by atoms with van der Waals surface area (Å²) < 4.78 is 0. The van der Waals surface area contributed by atoms with Gasteiger partial charge in [0, 0.05) is 25.3 Å². The van der Waals surface area contributed by atoms with Gasteiger partial charge in [-0.1, -0.05) is 38.8 Å². The lowest BCUT2D eigenvalue weighted by molar-refractivity contribution is 0.321. The Bertz CT molecular complexity index is 371. The normalized spacial score (nSPS) is 23.3. The van der Waals surface area contributed by atoms with Crippen LogP contribution in [0.25, 0.3) is 0 Å². The lowest BCUT2D eigenvalue weighted by Crippen LogP contribution is -2.38. The molecule has 0 aliphatic heterocycles. The first-order chi connectivity index (χ1) is 9.22. The summed E-state index contributed by atoms with van der Waals surface area (Å²) in [6.45, 7) is 6.55. The maximum Gasteiger partial charge on any atom is 0.0366 e. The Hall–Kier alpha value is -1.02. The third-order valence-electron chi connectivity index (χ3n) is 4.49. The minimum absolute atomic E-state index is 0.716. The summed E-state index contributed by atoms with van der Waals surface area (Å²) in [5.41, 5.74) is 2.73. The Morgan fingerprint density at radius 1 is 1.16 bits per heavy atom. The van der Waals surface area contributed by atoms with Gasteiger partial charge in [0.25, 0.3) is 0 Å². The highest BCUT2D eigenvalue weighted by Gasteiger charge is 2.24. The third kappa shape index (κ3) is 3.73. The average Bonchev–Trinajstić information content (AvgIpc) is 2.45. The van der Waals surface area contributed by atoms with Gasteiger partial charge in [0.1, 0.15) is 0 Å². The van der Waals surface area contributed by atoms with Crippen molar-refractivity contribution in [1.29, 1.82) is 0 Å². The molecule has 1 saturated carbocycles. The van der Waals surface area contributed by atoms with E-state index in [1.165, 1.54) is 36.9 Å². The molecule has 1 aromatic carbocycles. The minimum atomic E-state index is 0.716. The van der Waals surface area contributed by atoms with Crippen molar-refractivity contribution in [3.63, 3.8) is 0 Å². The van der Waals surface area contributed by atoms with Gasteiger partial charge in [0.05, 0.1) is 0 Å². The zero-order chi connectivity index (χ0) is 13.7. The van der Waals surface area contributed by atoms with Crippen LogP contribution in [0.15, 0.2) is 24.3 Å². The minimum Gasteiger partial charge on any atom is -0.371 e. The third-order valence-corrected chi connectivity index (χ3v) is 4.49. The predicted molar refractivity (Wildman–Crippen MR) is 83.6 cm³/mol. The molecule has 2 nitrogen and oxygen atoms in total. The van der Waals surface area contributed by atoms with E-state index in [-0.39, 0.29) is 0 Å². The molecular weight excluding hydrogens is 232 g/mol. The van der Waals surface area contributed by atoms with E-state index in [2.05, 4.69) is 55.4 Å². The zero-order valence-corrected chi connectivity index (χ0v) is 12.7. The largest absolute Gasteiger partial charge is 0.371 e. The van der Waals surface area contributed by atoms with Crippen molar-refractivity contribution < 1.29 is 0 Å². The van der Waals surface area contributed by atoms with Gasteiger partial charge in [0.15, 0.2) is 0 Å². The van der Waals surface area contributed by atoms with E-state index < -0.39 is 0 Å². The molecule has 2 rings (SSSR count). The van der Waals surface area contributed by atoms with E-state index >= 15 is 0 Å². The maximum atomic E-state index is 3.37. The summed E-state index contributed by atoms with van der Waals surface area (Å²) in [6, 6.07) is 9.76. The van der Waals surface area contributed by atoms with Crippen LogP contribution in [0.2, 0.25) is 0 Å². The highest BCUT2D eigenvalue weighted by atomic mass is 15.1. The highest BCUT2D eigenvalue weighted by molar-refractivity contribution is 5.48. The fourth-order valence-electron chi connectivity index (χ4n) is 3.18. The summed E-state index contributed by atoms with van der Waals surface area (Å²) in [5, 5.41) is 3.37. The molecule has 0 amide bonds. The van der Waals surface area contributed by atoms with Crippen LogP contribution in [-0.2, 0) is 6.54 Å². The number of hydrogen-bond donors (Lipinski definition) is 1. The van der Waals surface area contributed by atoms with Crippen LogP contribution in [-0.4, -0.2) is 19.6 Å². The van der Waals surface area contributed by atoms with E-state index in [4.69, 9.17) is 0 Å². The molecule has 1 fully saturated rings. The van der Waals surface area contributed by atoms with Crippen molar-refractivity contribution in [2.75, 3.05) is 18.5 Å². The van der Waals surface area contributed by atoms with E-state index in [0.717, 1.165) is 19.0 Å². The predicted octanol–water partition coefficient (Wildman–Crippen LogP) is 3.81. The number of nitrogens with zero attached hydrogens (tertiary/aromatic N) is 1. The molecule has 0 spiro atoms. The van der Waals surface area contributed by atoms with E-state index in [1.54, 1.807) is 0 Å². The molecule has 0 radical (unpaired) electrons. The van der Waals surface area contributed by atoms with Crippen LogP contribution in [0.5, 0.6) is 0 Å². The number of nitrogens with one attached hydrogen (secondary N) is 1. The van der Waals surface area contributed by atoms with Crippen molar-refractivity contribution in [2.45, 2.75) is 52.1 Å². The Morgan fingerprint density at radius 3 is 2.47 bits per heavy atom. The fourth-order valence-corrected chi connectivity index (χ4v) is 3.18. The number of benzene rings is 1. The van der Waals surface area contributed by atoms with Crippen LogP contribution >= 0.6 is 0 Å². The molecule has 0 heterocycles. The second-order valence-electron chi connectivity index (χ2n) is 5.89. The molecular formula is C17H28N2. The second kappa shape index (κ2) is 6.95. The summed E-state index contributed by atoms with van der Waals surface area (Å²) in [5.74, 6) is 0.820. The van der Waals surface area contributed by atoms with E-state index in [0.29, 0.717) is 6.04 Å². The van der Waals surface area contributed by atoms with Gasteiger partial charge in [-0.25, -0.2) is 0 Å². The van der Waals surface area contributed by atoms with Gasteiger partial charge >= 0.3 is 0 Å². The molecule has 2 atom stereocenters. The lowest BCUT2D eigenvalue weighted by Gasteiger charge is -2.37. The lowest BCUT2D eigenvalue weighted by atomic mass is 9.85. The molecule has 2 unspecified atom stereocenters. The smallest absolute Gasteiger partial charge is 0.0366 e. The van der Waals surface area contributed by atoms with Crippen molar-refractivity contribution in [1.82, 2.24) is 5.32 Å². The average molecular weight is 260 g/mol. The molecule has 19 heavy (non-hydrogen) atoms. The molecule has 0 saturated heterocycles. The summed E-state index contributed by atoms with van der Waals surface area (Å²) in [6.07, 6.45) is 5.52. The van der Waals surface area contributed by atoms with Crippen molar-refractivity contribution in [2.24, 2.45) is 5.92 Å². The molecule has 1 aliphatic rings. The number of hydrogen-bond acceptors (Lipinski definition) is 2. The molecule has 1 aromatic rings. The van der Waals surface area contributed by atoms with Gasteiger partial charge in [-0.2, -0.15) is 0 Å². The highest BCUT2D eigenvalue weighted by Crippen LogP contribution is 2.30. The summed E-state index contributed by atoms with van der Waals surface area (Å²) in [7, 11) is 2.26. The van der Waals surface area contributed by atoms with Crippen molar-refractivity contribution in [3.8, 4) is 0 Å². The van der Waals surface area contributed by atoms with Crippen LogP contribution in [0.4, 0.5) is 5.69 Å². The monoisotopic (exact) mass is 260 g/mol. The quantitative estimate of drug-likeness (QED) is 0.866. The maximum absolute atomic E-state index is 3.37. The van der Waals surface area contributed by atoms with Crippen molar-refractivity contribution in [3.05, 3.63) is 29.8 Å². The number of anilines is 1. The van der Waals surface area contributed by atoms with E-state index in [9.17, 15) is 0 Å². The Kier molecular flexibility index (Phi) is 5.26. The first-order valence-electron chi connectivity index (χ1n) is 7.75. The van der Waals surface area contributed by atoms with Gasteiger partial charge in [-0.15, -0.1) is 0 Å².